The van der Waals surface area contributed by atoms with Gasteiger partial charge in [-0.05, 0) is 30.0 Å². The van der Waals surface area contributed by atoms with E-state index < -0.39 is 0 Å². The van der Waals surface area contributed by atoms with Crippen molar-refractivity contribution in [2.24, 2.45) is 5.92 Å². The zero-order valence-electron chi connectivity index (χ0n) is 13.5. The SMILES string of the molecule is COc1cc([C@@H](CC2CC2)N2CCNCC2)cc(OC)c1O. The Morgan fingerprint density at radius 1 is 1.18 bits per heavy atom. The first-order valence-electron chi connectivity index (χ1n) is 8.12. The summed E-state index contributed by atoms with van der Waals surface area (Å²) < 4.78 is 10.7. The number of nitrogens with zero attached hydrogens (tertiary/aromatic N) is 1. The molecule has 1 heterocycles. The molecule has 1 aliphatic heterocycles. The van der Waals surface area contributed by atoms with Gasteiger partial charge in [0.2, 0.25) is 5.75 Å². The third-order valence-electron chi connectivity index (χ3n) is 4.73. The number of ether oxygens (including phenoxy) is 2. The van der Waals surface area contributed by atoms with Crippen LogP contribution in [0.2, 0.25) is 0 Å². The van der Waals surface area contributed by atoms with Crippen molar-refractivity contribution in [3.05, 3.63) is 17.7 Å². The molecule has 0 unspecified atom stereocenters. The van der Waals surface area contributed by atoms with Gasteiger partial charge in [0.1, 0.15) is 0 Å². The summed E-state index contributed by atoms with van der Waals surface area (Å²) in [5.74, 6) is 1.90. The molecule has 1 saturated carbocycles. The van der Waals surface area contributed by atoms with Crippen molar-refractivity contribution >= 4 is 0 Å². The highest BCUT2D eigenvalue weighted by atomic mass is 16.5. The van der Waals surface area contributed by atoms with Crippen LogP contribution in [0.15, 0.2) is 12.1 Å². The molecule has 1 aromatic rings. The summed E-state index contributed by atoms with van der Waals surface area (Å²) in [5, 5.41) is 13.5. The van der Waals surface area contributed by atoms with Gasteiger partial charge in [-0.15, -0.1) is 0 Å². The summed E-state index contributed by atoms with van der Waals surface area (Å²) in [6.07, 6.45) is 3.86. The minimum atomic E-state index is 0.0826. The van der Waals surface area contributed by atoms with Gasteiger partial charge in [-0.1, -0.05) is 12.8 Å². The Morgan fingerprint density at radius 3 is 2.27 bits per heavy atom. The van der Waals surface area contributed by atoms with Crippen LogP contribution in [0.1, 0.15) is 30.9 Å². The normalized spacial score (nSPS) is 20.6. The van der Waals surface area contributed by atoms with E-state index in [1.807, 2.05) is 12.1 Å². The van der Waals surface area contributed by atoms with E-state index in [2.05, 4.69) is 10.2 Å². The lowest BCUT2D eigenvalue weighted by Crippen LogP contribution is -2.45. The van der Waals surface area contributed by atoms with Crippen molar-refractivity contribution in [1.29, 1.82) is 0 Å². The molecule has 5 heteroatoms. The number of phenolic OH excluding ortho intramolecular Hbond substituents is 1. The number of hydrogen-bond acceptors (Lipinski definition) is 5. The van der Waals surface area contributed by atoms with E-state index in [0.29, 0.717) is 17.5 Å². The van der Waals surface area contributed by atoms with E-state index in [1.54, 1.807) is 14.2 Å². The molecule has 3 rings (SSSR count). The van der Waals surface area contributed by atoms with Crippen molar-refractivity contribution in [2.45, 2.75) is 25.3 Å². The van der Waals surface area contributed by atoms with E-state index >= 15 is 0 Å². The van der Waals surface area contributed by atoms with Gasteiger partial charge in [0.25, 0.3) is 0 Å². The molecule has 0 amide bonds. The maximum atomic E-state index is 10.1. The number of aromatic hydroxyl groups is 1. The third kappa shape index (κ3) is 3.31. The lowest BCUT2D eigenvalue weighted by molar-refractivity contribution is 0.160. The van der Waals surface area contributed by atoms with E-state index in [-0.39, 0.29) is 5.75 Å². The molecule has 2 N–H and O–H groups in total. The van der Waals surface area contributed by atoms with Gasteiger partial charge in [0.05, 0.1) is 14.2 Å². The van der Waals surface area contributed by atoms with Crippen LogP contribution in [0.25, 0.3) is 0 Å². The fourth-order valence-corrected chi connectivity index (χ4v) is 3.27. The first-order chi connectivity index (χ1) is 10.7. The predicted octanol–water partition coefficient (Wildman–Crippen LogP) is 2.16. The monoisotopic (exact) mass is 306 g/mol. The zero-order valence-corrected chi connectivity index (χ0v) is 13.5. The summed E-state index contributed by atoms with van der Waals surface area (Å²) in [7, 11) is 3.16. The quantitative estimate of drug-likeness (QED) is 0.843. The molecule has 1 aromatic carbocycles. The molecular formula is C17H26N2O3. The molecule has 2 aliphatic rings. The van der Waals surface area contributed by atoms with Crippen LogP contribution < -0.4 is 14.8 Å². The Bertz CT molecular complexity index is 486. The van der Waals surface area contributed by atoms with Crippen molar-refractivity contribution in [3.8, 4) is 17.2 Å². The van der Waals surface area contributed by atoms with E-state index in [0.717, 1.165) is 32.1 Å². The van der Waals surface area contributed by atoms with Crippen LogP contribution in [-0.4, -0.2) is 50.4 Å². The van der Waals surface area contributed by atoms with Crippen LogP contribution in [0.5, 0.6) is 17.2 Å². The highest BCUT2D eigenvalue weighted by molar-refractivity contribution is 5.53. The minimum Gasteiger partial charge on any atom is -0.502 e. The fourth-order valence-electron chi connectivity index (χ4n) is 3.27. The smallest absolute Gasteiger partial charge is 0.200 e. The molecule has 0 radical (unpaired) electrons. The predicted molar refractivity (Wildman–Crippen MR) is 85.7 cm³/mol. The molecule has 0 spiro atoms. The Kier molecular flexibility index (Phi) is 4.74. The first-order valence-corrected chi connectivity index (χ1v) is 8.12. The number of nitrogens with one attached hydrogen (secondary N) is 1. The number of phenols is 1. The second-order valence-electron chi connectivity index (χ2n) is 6.25. The Morgan fingerprint density at radius 2 is 1.77 bits per heavy atom. The standard InChI is InChI=1S/C17H26N2O3/c1-21-15-10-13(11-16(22-2)17(15)20)14(9-12-3-4-12)19-7-5-18-6-8-19/h10-12,14,18,20H,3-9H2,1-2H3/t14-/m1/s1. The van der Waals surface area contributed by atoms with Gasteiger partial charge in [0.15, 0.2) is 11.5 Å². The molecule has 0 aromatic heterocycles. The number of benzene rings is 1. The van der Waals surface area contributed by atoms with E-state index in [4.69, 9.17) is 9.47 Å². The Labute approximate surface area is 132 Å². The van der Waals surface area contributed by atoms with Gasteiger partial charge in [-0.2, -0.15) is 0 Å². The fraction of sp³-hybridized carbons (Fsp3) is 0.647. The van der Waals surface area contributed by atoms with Gasteiger partial charge >= 0.3 is 0 Å². The third-order valence-corrected chi connectivity index (χ3v) is 4.73. The van der Waals surface area contributed by atoms with Crippen LogP contribution in [0, 0.1) is 5.92 Å². The summed E-state index contributed by atoms with van der Waals surface area (Å²) in [5.41, 5.74) is 1.18. The largest absolute Gasteiger partial charge is 0.502 e. The van der Waals surface area contributed by atoms with Crippen LogP contribution in [0.4, 0.5) is 0 Å². The van der Waals surface area contributed by atoms with Gasteiger partial charge in [-0.3, -0.25) is 4.90 Å². The molecule has 122 valence electrons. The Balaban J connectivity index is 1.91. The van der Waals surface area contributed by atoms with E-state index in [1.165, 1.54) is 24.8 Å². The van der Waals surface area contributed by atoms with Crippen molar-refractivity contribution < 1.29 is 14.6 Å². The van der Waals surface area contributed by atoms with E-state index in [9.17, 15) is 5.11 Å². The molecule has 1 saturated heterocycles. The maximum absolute atomic E-state index is 10.1. The number of rotatable bonds is 6. The van der Waals surface area contributed by atoms with Crippen molar-refractivity contribution in [1.82, 2.24) is 10.2 Å². The molecule has 5 nitrogen and oxygen atoms in total. The molecular weight excluding hydrogens is 280 g/mol. The molecule has 22 heavy (non-hydrogen) atoms. The maximum Gasteiger partial charge on any atom is 0.200 e. The molecule has 2 fully saturated rings. The topological polar surface area (TPSA) is 54.0 Å². The lowest BCUT2D eigenvalue weighted by Gasteiger charge is -2.35. The highest BCUT2D eigenvalue weighted by Gasteiger charge is 2.31. The van der Waals surface area contributed by atoms with Crippen LogP contribution >= 0.6 is 0 Å². The number of piperazine rings is 1. The van der Waals surface area contributed by atoms with Crippen LogP contribution in [-0.2, 0) is 0 Å². The van der Waals surface area contributed by atoms with Gasteiger partial charge in [-0.25, -0.2) is 0 Å². The number of hydrogen-bond donors (Lipinski definition) is 2. The molecule has 0 bridgehead atoms. The average Bonchev–Trinajstić information content (AvgIpc) is 3.38. The second-order valence-corrected chi connectivity index (χ2v) is 6.25. The Hall–Kier alpha value is -1.46. The lowest BCUT2D eigenvalue weighted by atomic mass is 9.97. The molecule has 1 atom stereocenters. The average molecular weight is 306 g/mol. The van der Waals surface area contributed by atoms with Gasteiger partial charge in [0, 0.05) is 32.2 Å². The highest BCUT2D eigenvalue weighted by Crippen LogP contribution is 2.44. The van der Waals surface area contributed by atoms with Crippen molar-refractivity contribution in [2.75, 3.05) is 40.4 Å². The molecule has 1 aliphatic carbocycles. The summed E-state index contributed by atoms with van der Waals surface area (Å²) in [6, 6.07) is 4.30. The van der Waals surface area contributed by atoms with Crippen LogP contribution in [0.3, 0.4) is 0 Å². The van der Waals surface area contributed by atoms with Crippen molar-refractivity contribution in [3.63, 3.8) is 0 Å². The summed E-state index contributed by atoms with van der Waals surface area (Å²) >= 11 is 0. The number of methoxy groups -OCH3 is 2. The first kappa shape index (κ1) is 15.4. The zero-order chi connectivity index (χ0) is 15.5. The minimum absolute atomic E-state index is 0.0826. The summed E-state index contributed by atoms with van der Waals surface area (Å²) in [6.45, 7) is 4.19. The second kappa shape index (κ2) is 6.75. The van der Waals surface area contributed by atoms with Gasteiger partial charge < -0.3 is 19.9 Å². The summed E-state index contributed by atoms with van der Waals surface area (Å²) in [4.78, 5) is 2.54.